The Morgan fingerprint density at radius 3 is 2.79 bits per heavy atom. The van der Waals surface area contributed by atoms with Gasteiger partial charge in [-0.2, -0.15) is 0 Å². The third kappa shape index (κ3) is 5.67. The summed E-state index contributed by atoms with van der Waals surface area (Å²) in [6, 6.07) is 24.1. The first-order valence-corrected chi connectivity index (χ1v) is 13.5. The van der Waals surface area contributed by atoms with Crippen LogP contribution >= 0.6 is 0 Å². The molecular formula is C32H34N6. The number of fused-ring (bicyclic) bond motifs is 2. The van der Waals surface area contributed by atoms with Gasteiger partial charge in [0.05, 0.1) is 29.3 Å². The molecule has 2 aromatic carbocycles. The zero-order valence-electron chi connectivity index (χ0n) is 21.8. The van der Waals surface area contributed by atoms with Gasteiger partial charge in [0.2, 0.25) is 0 Å². The van der Waals surface area contributed by atoms with Crippen molar-refractivity contribution in [3.8, 4) is 0 Å². The van der Waals surface area contributed by atoms with Gasteiger partial charge in [0.25, 0.3) is 0 Å². The number of imidazole rings is 1. The van der Waals surface area contributed by atoms with Crippen LogP contribution in [0.15, 0.2) is 102 Å². The molecule has 1 aliphatic carbocycles. The summed E-state index contributed by atoms with van der Waals surface area (Å²) in [5.74, 6) is 1.01. The van der Waals surface area contributed by atoms with E-state index in [4.69, 9.17) is 4.98 Å². The van der Waals surface area contributed by atoms with Gasteiger partial charge >= 0.3 is 0 Å². The molecule has 0 spiro atoms. The number of H-pyrrole nitrogens is 1. The first kappa shape index (κ1) is 24.5. The normalized spacial score (nSPS) is 19.5. The minimum absolute atomic E-state index is 0.192. The SMILES string of the molecule is CC(NCc1cccc(CN(Cc2nc3ccccc3[nH]2)C2C=C3C=CC=NC3CC2)c1)c1ccccn1. The lowest BCUT2D eigenvalue weighted by molar-refractivity contribution is 0.188. The molecule has 3 heterocycles. The number of hydrogen-bond donors (Lipinski definition) is 2. The van der Waals surface area contributed by atoms with Crippen LogP contribution in [-0.4, -0.2) is 38.2 Å². The van der Waals surface area contributed by atoms with Crippen LogP contribution in [0.1, 0.15) is 48.5 Å². The molecule has 0 radical (unpaired) electrons. The van der Waals surface area contributed by atoms with E-state index in [0.717, 1.165) is 55.0 Å². The molecule has 4 aromatic rings. The van der Waals surface area contributed by atoms with Crippen molar-refractivity contribution in [2.45, 2.75) is 57.5 Å². The number of benzene rings is 2. The van der Waals surface area contributed by atoms with E-state index < -0.39 is 0 Å². The second-order valence-corrected chi connectivity index (χ2v) is 10.3. The van der Waals surface area contributed by atoms with Crippen LogP contribution in [0.4, 0.5) is 0 Å². The Balaban J connectivity index is 1.21. The number of pyridine rings is 1. The molecule has 2 aromatic heterocycles. The minimum atomic E-state index is 0.192. The van der Waals surface area contributed by atoms with Crippen molar-refractivity contribution in [1.82, 2.24) is 25.2 Å². The summed E-state index contributed by atoms with van der Waals surface area (Å²) in [6.45, 7) is 4.58. The van der Waals surface area contributed by atoms with Crippen molar-refractivity contribution in [2.75, 3.05) is 0 Å². The highest BCUT2D eigenvalue weighted by atomic mass is 15.2. The number of aromatic nitrogens is 3. The largest absolute Gasteiger partial charge is 0.341 e. The number of hydrogen-bond acceptors (Lipinski definition) is 5. The Bertz CT molecular complexity index is 1430. The highest BCUT2D eigenvalue weighted by molar-refractivity contribution is 5.75. The van der Waals surface area contributed by atoms with E-state index >= 15 is 0 Å². The topological polar surface area (TPSA) is 69.2 Å². The number of aliphatic imine (C=N–C) groups is 1. The molecule has 0 bridgehead atoms. The van der Waals surface area contributed by atoms with E-state index in [0.29, 0.717) is 12.1 Å². The fourth-order valence-corrected chi connectivity index (χ4v) is 5.48. The van der Waals surface area contributed by atoms with E-state index in [1.54, 1.807) is 0 Å². The standard InChI is InChI=1S/C32H34N6/c1-23(28-11-4-5-16-33-28)35-20-24-8-6-9-25(18-24)21-38(22-32-36-30-12-2-3-13-31(30)37-32)27-14-15-29-26(19-27)10-7-17-34-29/h2-13,16-19,23,27,29,35H,14-15,20-22H2,1H3,(H,36,37). The van der Waals surface area contributed by atoms with Crippen LogP contribution in [0.5, 0.6) is 0 Å². The van der Waals surface area contributed by atoms with E-state index in [9.17, 15) is 0 Å². The molecule has 0 saturated heterocycles. The fraction of sp³-hybridized carbons (Fsp3) is 0.281. The minimum Gasteiger partial charge on any atom is -0.341 e. The molecule has 38 heavy (non-hydrogen) atoms. The summed E-state index contributed by atoms with van der Waals surface area (Å²) in [5.41, 5.74) is 7.09. The van der Waals surface area contributed by atoms with Crippen LogP contribution in [0.3, 0.4) is 0 Å². The molecule has 2 aliphatic rings. The Morgan fingerprint density at radius 1 is 1.00 bits per heavy atom. The van der Waals surface area contributed by atoms with Crippen molar-refractivity contribution in [2.24, 2.45) is 4.99 Å². The Morgan fingerprint density at radius 2 is 1.89 bits per heavy atom. The average molecular weight is 503 g/mol. The number of allylic oxidation sites excluding steroid dienone is 1. The summed E-state index contributed by atoms with van der Waals surface area (Å²) in [6.07, 6.45) is 12.6. The molecule has 0 fully saturated rings. The van der Waals surface area contributed by atoms with E-state index in [1.165, 1.54) is 16.7 Å². The van der Waals surface area contributed by atoms with Crippen LogP contribution in [0.25, 0.3) is 11.0 Å². The van der Waals surface area contributed by atoms with Crippen molar-refractivity contribution in [1.29, 1.82) is 0 Å². The van der Waals surface area contributed by atoms with Gasteiger partial charge in [-0.05, 0) is 66.8 Å². The molecule has 0 saturated carbocycles. The number of nitrogens with one attached hydrogen (secondary N) is 2. The Hall–Kier alpha value is -3.87. The highest BCUT2D eigenvalue weighted by Crippen LogP contribution is 2.29. The summed E-state index contributed by atoms with van der Waals surface area (Å²) >= 11 is 0. The van der Waals surface area contributed by atoms with Crippen LogP contribution in [0.2, 0.25) is 0 Å². The second kappa shape index (κ2) is 11.3. The third-order valence-electron chi connectivity index (χ3n) is 7.53. The number of rotatable bonds is 9. The predicted molar refractivity (Wildman–Crippen MR) is 154 cm³/mol. The van der Waals surface area contributed by atoms with Gasteiger partial charge in [0, 0.05) is 37.6 Å². The first-order valence-electron chi connectivity index (χ1n) is 13.5. The summed E-state index contributed by atoms with van der Waals surface area (Å²) in [7, 11) is 0. The van der Waals surface area contributed by atoms with Crippen molar-refractivity contribution >= 4 is 17.2 Å². The maximum absolute atomic E-state index is 4.89. The maximum atomic E-state index is 4.89. The van der Waals surface area contributed by atoms with E-state index in [-0.39, 0.29) is 6.04 Å². The van der Waals surface area contributed by atoms with Gasteiger partial charge in [-0.15, -0.1) is 0 Å². The molecule has 6 heteroatoms. The lowest BCUT2D eigenvalue weighted by atomic mass is 9.89. The van der Waals surface area contributed by atoms with E-state index in [1.807, 2.05) is 30.6 Å². The van der Waals surface area contributed by atoms with Gasteiger partial charge in [-0.25, -0.2) is 4.98 Å². The van der Waals surface area contributed by atoms with Gasteiger partial charge < -0.3 is 10.3 Å². The van der Waals surface area contributed by atoms with Gasteiger partial charge in [-0.1, -0.05) is 54.6 Å². The Labute approximate surface area is 224 Å². The van der Waals surface area contributed by atoms with E-state index in [2.05, 4.69) is 98.9 Å². The number of para-hydroxylation sites is 2. The van der Waals surface area contributed by atoms with Crippen molar-refractivity contribution < 1.29 is 0 Å². The average Bonchev–Trinajstić information content (AvgIpc) is 3.38. The second-order valence-electron chi connectivity index (χ2n) is 10.3. The predicted octanol–water partition coefficient (Wildman–Crippen LogP) is 5.91. The van der Waals surface area contributed by atoms with Crippen molar-refractivity contribution in [3.05, 3.63) is 119 Å². The number of nitrogens with zero attached hydrogens (tertiary/aromatic N) is 4. The van der Waals surface area contributed by atoms with Crippen molar-refractivity contribution in [3.63, 3.8) is 0 Å². The summed E-state index contributed by atoms with van der Waals surface area (Å²) in [4.78, 5) is 20.2. The quantitative estimate of drug-likeness (QED) is 0.299. The number of aromatic amines is 1. The fourth-order valence-electron chi connectivity index (χ4n) is 5.48. The number of dihydropyridines is 1. The lowest BCUT2D eigenvalue weighted by Crippen LogP contribution is -2.37. The molecule has 1 aliphatic heterocycles. The summed E-state index contributed by atoms with van der Waals surface area (Å²) < 4.78 is 0. The smallest absolute Gasteiger partial charge is 0.121 e. The van der Waals surface area contributed by atoms with Gasteiger partial charge in [-0.3, -0.25) is 14.9 Å². The van der Waals surface area contributed by atoms with Crippen LogP contribution < -0.4 is 5.32 Å². The first-order chi connectivity index (χ1) is 18.7. The van der Waals surface area contributed by atoms with Crippen LogP contribution in [-0.2, 0) is 19.6 Å². The molecule has 3 atom stereocenters. The maximum Gasteiger partial charge on any atom is 0.121 e. The zero-order valence-corrected chi connectivity index (χ0v) is 21.8. The third-order valence-corrected chi connectivity index (χ3v) is 7.53. The van der Waals surface area contributed by atoms with Gasteiger partial charge in [0.15, 0.2) is 0 Å². The van der Waals surface area contributed by atoms with Gasteiger partial charge in [0.1, 0.15) is 5.82 Å². The monoisotopic (exact) mass is 502 g/mol. The molecule has 6 rings (SSSR count). The molecular weight excluding hydrogens is 468 g/mol. The molecule has 192 valence electrons. The molecule has 3 unspecified atom stereocenters. The Kier molecular flexibility index (Phi) is 7.25. The molecule has 2 N–H and O–H groups in total. The molecule has 0 amide bonds. The highest BCUT2D eigenvalue weighted by Gasteiger charge is 2.27. The zero-order chi connectivity index (χ0) is 25.7. The molecule has 6 nitrogen and oxygen atoms in total. The van der Waals surface area contributed by atoms with Crippen LogP contribution in [0, 0.1) is 0 Å². The summed E-state index contributed by atoms with van der Waals surface area (Å²) in [5, 5.41) is 3.62. The lowest BCUT2D eigenvalue weighted by Gasteiger charge is -2.34.